The molecule has 10 rings (SSSR count). The number of anilines is 2. The minimum atomic E-state index is -1.06. The quantitative estimate of drug-likeness (QED) is 0.250. The van der Waals surface area contributed by atoms with Gasteiger partial charge >= 0.3 is 0 Å². The van der Waals surface area contributed by atoms with Gasteiger partial charge in [0.1, 0.15) is 23.3 Å². The smallest absolute Gasteiger partial charge is 0.278 e. The standard InChI is InChI=1S/C41H32N4O10/c1-40(2)50-26-15-9-22(18-28(26)52-40)32-30-34(54-42-32)38(48)44(36(30)46)24-11-5-20(6-12-24)17-21-7-13-25(14-8-21)45-37(47)31-33(43-55-35(31)39(45)49)23-10-16-27-29(19-23)53-41(3,4)51-27/h5-16,18-19,30-31,34-35H,17H2,1-4H3/t30-,31+,34+,35-. The molecule has 0 aliphatic carbocycles. The zero-order valence-electron chi connectivity index (χ0n) is 30.0. The molecule has 6 aliphatic heterocycles. The Morgan fingerprint density at radius 1 is 0.509 bits per heavy atom. The average Bonchev–Trinajstić information content (AvgIpc) is 3.98. The molecule has 0 N–H and O–H groups in total. The summed E-state index contributed by atoms with van der Waals surface area (Å²) in [6.07, 6.45) is -1.60. The monoisotopic (exact) mass is 740 g/mol. The summed E-state index contributed by atoms with van der Waals surface area (Å²) in [5.74, 6) is -3.04. The van der Waals surface area contributed by atoms with Crippen molar-refractivity contribution >= 4 is 46.4 Å². The Labute approximate surface area is 313 Å². The van der Waals surface area contributed by atoms with Crippen LogP contribution in [0.3, 0.4) is 0 Å². The lowest BCUT2D eigenvalue weighted by Gasteiger charge is -2.17. The van der Waals surface area contributed by atoms with Crippen LogP contribution in [-0.4, -0.2) is 58.8 Å². The van der Waals surface area contributed by atoms with Crippen LogP contribution in [0.4, 0.5) is 11.4 Å². The third-order valence-corrected chi connectivity index (χ3v) is 10.3. The maximum absolute atomic E-state index is 13.7. The highest BCUT2D eigenvalue weighted by Gasteiger charge is 2.57. The van der Waals surface area contributed by atoms with Gasteiger partial charge in [0.25, 0.3) is 11.8 Å². The van der Waals surface area contributed by atoms with Gasteiger partial charge in [-0.3, -0.25) is 19.2 Å². The molecule has 6 heterocycles. The maximum Gasteiger partial charge on any atom is 0.278 e. The molecular formula is C41H32N4O10. The van der Waals surface area contributed by atoms with E-state index in [1.807, 2.05) is 24.3 Å². The molecule has 0 spiro atoms. The summed E-state index contributed by atoms with van der Waals surface area (Å²) in [4.78, 5) is 67.5. The summed E-state index contributed by atoms with van der Waals surface area (Å²) in [7, 11) is 0. The zero-order chi connectivity index (χ0) is 38.0. The predicted molar refractivity (Wildman–Crippen MR) is 194 cm³/mol. The first-order chi connectivity index (χ1) is 26.3. The number of carbonyl (C=O) groups is 4. The largest absolute Gasteiger partial charge is 0.449 e. The van der Waals surface area contributed by atoms with E-state index in [2.05, 4.69) is 10.3 Å². The molecule has 14 nitrogen and oxygen atoms in total. The first-order valence-electron chi connectivity index (χ1n) is 17.8. The lowest BCUT2D eigenvalue weighted by Crippen LogP contribution is -2.33. The Bertz CT molecular complexity index is 2270. The topological polar surface area (TPSA) is 155 Å². The number of hydrogen-bond donors (Lipinski definition) is 0. The SMILES string of the molecule is CC1(C)Oc2ccc(C3=NO[C@@H]4C(=O)N(c5ccc(Cc6ccc(N7C(=O)[C@H]8C(c9ccc%10c(c9)OC(C)(C)O%10)=NO[C@H]8C7=O)cc6)cc5)C(=O)[C@H]34)cc2O1. The van der Waals surface area contributed by atoms with Gasteiger partial charge in [0, 0.05) is 38.8 Å². The van der Waals surface area contributed by atoms with Gasteiger partial charge in [-0.25, -0.2) is 9.80 Å². The molecule has 276 valence electrons. The van der Waals surface area contributed by atoms with Crippen LogP contribution < -0.4 is 28.7 Å². The van der Waals surface area contributed by atoms with Crippen LogP contribution >= 0.6 is 0 Å². The molecule has 0 unspecified atom stereocenters. The fraction of sp³-hybridized carbons (Fsp3) is 0.268. The summed E-state index contributed by atoms with van der Waals surface area (Å²) >= 11 is 0. The molecule has 2 saturated heterocycles. The predicted octanol–water partition coefficient (Wildman–Crippen LogP) is 4.88. The zero-order valence-corrected chi connectivity index (χ0v) is 30.0. The van der Waals surface area contributed by atoms with E-state index >= 15 is 0 Å². The number of benzene rings is 4. The van der Waals surface area contributed by atoms with Crippen molar-refractivity contribution in [2.45, 2.75) is 57.9 Å². The Morgan fingerprint density at radius 2 is 0.891 bits per heavy atom. The minimum absolute atomic E-state index is 0.359. The van der Waals surface area contributed by atoms with Gasteiger partial charge < -0.3 is 28.6 Å². The van der Waals surface area contributed by atoms with E-state index in [9.17, 15) is 19.2 Å². The van der Waals surface area contributed by atoms with E-state index in [4.69, 9.17) is 28.6 Å². The second-order valence-electron chi connectivity index (χ2n) is 15.0. The molecule has 0 bridgehead atoms. The molecule has 0 saturated carbocycles. The molecule has 0 radical (unpaired) electrons. The Balaban J connectivity index is 0.810. The molecule has 4 aromatic rings. The molecular weight excluding hydrogens is 708 g/mol. The van der Waals surface area contributed by atoms with Crippen LogP contribution in [0.15, 0.2) is 95.2 Å². The number of imide groups is 2. The minimum Gasteiger partial charge on any atom is -0.449 e. The van der Waals surface area contributed by atoms with Crippen molar-refractivity contribution in [3.63, 3.8) is 0 Å². The summed E-state index contributed by atoms with van der Waals surface area (Å²) in [6, 6.07) is 24.8. The van der Waals surface area contributed by atoms with Crippen molar-refractivity contribution in [2.24, 2.45) is 22.1 Å². The molecule has 6 aliphatic rings. The number of amides is 4. The van der Waals surface area contributed by atoms with Crippen molar-refractivity contribution in [1.82, 2.24) is 0 Å². The molecule has 4 atom stereocenters. The number of rotatable bonds is 6. The van der Waals surface area contributed by atoms with Gasteiger partial charge in [-0.15, -0.1) is 0 Å². The third-order valence-electron chi connectivity index (χ3n) is 10.3. The van der Waals surface area contributed by atoms with Gasteiger partial charge in [0.15, 0.2) is 23.0 Å². The van der Waals surface area contributed by atoms with Crippen molar-refractivity contribution in [3.05, 3.63) is 107 Å². The molecule has 4 amide bonds. The first-order valence-corrected chi connectivity index (χ1v) is 17.8. The van der Waals surface area contributed by atoms with E-state index < -0.39 is 59.2 Å². The maximum atomic E-state index is 13.7. The van der Waals surface area contributed by atoms with E-state index in [0.29, 0.717) is 63.3 Å². The van der Waals surface area contributed by atoms with Gasteiger partial charge in [0.05, 0.1) is 11.4 Å². The average molecular weight is 741 g/mol. The molecule has 2 fully saturated rings. The Morgan fingerprint density at radius 3 is 1.29 bits per heavy atom. The highest BCUT2D eigenvalue weighted by atomic mass is 16.7. The van der Waals surface area contributed by atoms with Gasteiger partial charge in [-0.05, 0) is 78.2 Å². The summed E-state index contributed by atoms with van der Waals surface area (Å²) < 4.78 is 23.3. The fourth-order valence-corrected chi connectivity index (χ4v) is 7.87. The van der Waals surface area contributed by atoms with Crippen molar-refractivity contribution in [2.75, 3.05) is 9.80 Å². The second-order valence-corrected chi connectivity index (χ2v) is 15.0. The van der Waals surface area contributed by atoms with Crippen molar-refractivity contribution < 1.29 is 47.8 Å². The van der Waals surface area contributed by atoms with Crippen LogP contribution in [0.1, 0.15) is 49.9 Å². The van der Waals surface area contributed by atoms with E-state index in [1.165, 1.54) is 0 Å². The summed E-state index contributed by atoms with van der Waals surface area (Å²) in [6.45, 7) is 7.20. The highest BCUT2D eigenvalue weighted by Crippen LogP contribution is 2.44. The van der Waals surface area contributed by atoms with E-state index in [0.717, 1.165) is 20.9 Å². The van der Waals surface area contributed by atoms with E-state index in [1.54, 1.807) is 88.4 Å². The fourth-order valence-electron chi connectivity index (χ4n) is 7.87. The molecule has 55 heavy (non-hydrogen) atoms. The highest BCUT2D eigenvalue weighted by molar-refractivity contribution is 6.33. The van der Waals surface area contributed by atoms with Crippen molar-refractivity contribution in [3.8, 4) is 23.0 Å². The lowest BCUT2D eigenvalue weighted by atomic mass is 9.94. The van der Waals surface area contributed by atoms with Crippen LogP contribution in [0.5, 0.6) is 23.0 Å². The van der Waals surface area contributed by atoms with Crippen LogP contribution in [-0.2, 0) is 35.3 Å². The van der Waals surface area contributed by atoms with E-state index in [-0.39, 0.29) is 0 Å². The summed E-state index contributed by atoms with van der Waals surface area (Å²) in [5, 5.41) is 8.24. The Hall–Kier alpha value is -6.70. The Kier molecular flexibility index (Phi) is 6.82. The lowest BCUT2D eigenvalue weighted by molar-refractivity contribution is -0.127. The second kappa shape index (κ2) is 11.4. The van der Waals surface area contributed by atoms with Gasteiger partial charge in [-0.1, -0.05) is 34.6 Å². The first kappa shape index (κ1) is 32.9. The molecule has 4 aromatic carbocycles. The number of oxime groups is 2. The third kappa shape index (κ3) is 5.15. The van der Waals surface area contributed by atoms with Gasteiger partial charge in [-0.2, -0.15) is 0 Å². The van der Waals surface area contributed by atoms with Crippen LogP contribution in [0.2, 0.25) is 0 Å². The van der Waals surface area contributed by atoms with Crippen LogP contribution in [0, 0.1) is 11.8 Å². The van der Waals surface area contributed by atoms with Crippen LogP contribution in [0.25, 0.3) is 0 Å². The number of ether oxygens (including phenoxy) is 4. The van der Waals surface area contributed by atoms with Crippen molar-refractivity contribution in [1.29, 1.82) is 0 Å². The molecule has 14 heteroatoms. The van der Waals surface area contributed by atoms with Gasteiger partial charge in [0.2, 0.25) is 35.6 Å². The molecule has 0 aromatic heterocycles. The number of nitrogens with zero attached hydrogens (tertiary/aromatic N) is 4. The summed E-state index contributed by atoms with van der Waals surface area (Å²) in [5.41, 5.74) is 4.61. The number of hydrogen-bond acceptors (Lipinski definition) is 12. The normalized spacial score (nSPS) is 24.8. The number of fused-ring (bicyclic) bond motifs is 4. The number of carbonyl (C=O) groups excluding carboxylic acids is 4.